The Morgan fingerprint density at radius 1 is 1.32 bits per heavy atom. The lowest BCUT2D eigenvalue weighted by molar-refractivity contribution is -0.924. The first-order valence-corrected chi connectivity index (χ1v) is 9.38. The molecule has 0 fully saturated rings. The molecule has 6 nitrogen and oxygen atoms in total. The van der Waals surface area contributed by atoms with Crippen LogP contribution in [0.1, 0.15) is 46.5 Å². The van der Waals surface area contributed by atoms with Crippen LogP contribution >= 0.6 is 0 Å². The van der Waals surface area contributed by atoms with Gasteiger partial charge in [-0.25, -0.2) is 13.2 Å². The van der Waals surface area contributed by atoms with Gasteiger partial charge in [0.1, 0.15) is 0 Å². The highest BCUT2D eigenvalue weighted by molar-refractivity contribution is 7.85. The first-order valence-electron chi connectivity index (χ1n) is 7.80. The molecule has 0 aliphatic rings. The van der Waals surface area contributed by atoms with Crippen molar-refractivity contribution in [3.05, 3.63) is 12.7 Å². The highest BCUT2D eigenvalue weighted by Gasteiger charge is 2.18. The zero-order valence-corrected chi connectivity index (χ0v) is 14.7. The average molecular weight is 335 g/mol. The van der Waals surface area contributed by atoms with Crippen LogP contribution in [-0.2, 0) is 19.6 Å². The number of quaternary nitrogens is 1. The summed E-state index contributed by atoms with van der Waals surface area (Å²) in [5, 5.41) is 0. The second-order valence-corrected chi connectivity index (χ2v) is 7.23. The average Bonchev–Trinajstić information content (AvgIpc) is 2.42. The standard InChI is InChI=1S/C15H29NO5S/c1-5-10-16(13(3)9-12-22(18,19)20)11-7-8-14(4)21-15(17)6-2/h6,13-14H,2,5,7-12H2,1,3-4H3,(H,18,19,20). The molecule has 130 valence electrons. The summed E-state index contributed by atoms with van der Waals surface area (Å²) in [4.78, 5) is 12.4. The number of esters is 1. The molecule has 0 aromatic carbocycles. The van der Waals surface area contributed by atoms with E-state index in [4.69, 9.17) is 4.74 Å². The summed E-state index contributed by atoms with van der Waals surface area (Å²) >= 11 is 0. The predicted octanol–water partition coefficient (Wildman–Crippen LogP) is 0.503. The van der Waals surface area contributed by atoms with E-state index < -0.39 is 16.1 Å². The van der Waals surface area contributed by atoms with Crippen LogP contribution in [0, 0.1) is 0 Å². The summed E-state index contributed by atoms with van der Waals surface area (Å²) in [6.45, 7) is 11.0. The number of carbonyl (C=O) groups excluding carboxylic acids is 1. The van der Waals surface area contributed by atoms with Crippen LogP contribution in [0.5, 0.6) is 0 Å². The summed E-state index contributed by atoms with van der Waals surface area (Å²) in [5.74, 6) is -0.728. The number of nitrogens with one attached hydrogen (secondary N) is 1. The Labute approximate surface area is 134 Å². The SMILES string of the molecule is C=CC(=O)OC(C)CCC[NH+](CCC)C(C)CCS(=O)(=O)[O-]. The molecule has 0 aromatic heterocycles. The normalized spacial score (nSPS) is 15.8. The van der Waals surface area contributed by atoms with E-state index >= 15 is 0 Å². The molecule has 3 unspecified atom stereocenters. The van der Waals surface area contributed by atoms with Crippen LogP contribution in [0.25, 0.3) is 0 Å². The van der Waals surface area contributed by atoms with Gasteiger partial charge < -0.3 is 14.2 Å². The predicted molar refractivity (Wildman–Crippen MR) is 84.6 cm³/mol. The van der Waals surface area contributed by atoms with Crippen LogP contribution in [0.3, 0.4) is 0 Å². The molecule has 22 heavy (non-hydrogen) atoms. The third-order valence-corrected chi connectivity index (χ3v) is 4.40. The van der Waals surface area contributed by atoms with E-state index in [0.29, 0.717) is 6.42 Å². The molecule has 0 amide bonds. The van der Waals surface area contributed by atoms with Gasteiger partial charge in [0, 0.05) is 18.2 Å². The minimum absolute atomic E-state index is 0.120. The maximum atomic E-state index is 11.1. The second-order valence-electron chi connectivity index (χ2n) is 5.70. The lowest BCUT2D eigenvalue weighted by atomic mass is 10.1. The Morgan fingerprint density at radius 2 is 1.95 bits per heavy atom. The molecule has 1 N–H and O–H groups in total. The molecule has 0 saturated carbocycles. The minimum atomic E-state index is -4.15. The Kier molecular flexibility index (Phi) is 10.3. The summed E-state index contributed by atoms with van der Waals surface area (Å²) < 4.78 is 37.3. The van der Waals surface area contributed by atoms with Crippen molar-refractivity contribution in [3.8, 4) is 0 Å². The molecule has 0 aliphatic carbocycles. The van der Waals surface area contributed by atoms with E-state index in [1.54, 1.807) is 0 Å². The minimum Gasteiger partial charge on any atom is -0.748 e. The highest BCUT2D eigenvalue weighted by Crippen LogP contribution is 2.01. The van der Waals surface area contributed by atoms with Gasteiger partial charge in [-0.2, -0.15) is 0 Å². The first kappa shape index (κ1) is 21.1. The smallest absolute Gasteiger partial charge is 0.330 e. The Morgan fingerprint density at radius 3 is 2.45 bits per heavy atom. The molecule has 0 heterocycles. The van der Waals surface area contributed by atoms with E-state index in [1.165, 1.54) is 4.90 Å². The van der Waals surface area contributed by atoms with Crippen molar-refractivity contribution < 1.29 is 27.4 Å². The first-order chi connectivity index (χ1) is 10.2. The van der Waals surface area contributed by atoms with Crippen LogP contribution in [0.2, 0.25) is 0 Å². The van der Waals surface area contributed by atoms with Gasteiger partial charge in [0.05, 0.1) is 35.4 Å². The van der Waals surface area contributed by atoms with E-state index in [1.807, 2.05) is 13.8 Å². The summed E-state index contributed by atoms with van der Waals surface area (Å²) in [5.41, 5.74) is 0. The largest absolute Gasteiger partial charge is 0.748 e. The molecular weight excluding hydrogens is 306 g/mol. The Balaban J connectivity index is 4.22. The molecule has 3 atom stereocenters. The number of hydrogen-bond donors (Lipinski definition) is 1. The van der Waals surface area contributed by atoms with Gasteiger partial charge in [-0.1, -0.05) is 13.5 Å². The lowest BCUT2D eigenvalue weighted by Gasteiger charge is -2.26. The molecule has 0 bridgehead atoms. The Bertz CT molecular complexity index is 435. The monoisotopic (exact) mass is 335 g/mol. The van der Waals surface area contributed by atoms with Crippen molar-refractivity contribution in [1.29, 1.82) is 0 Å². The van der Waals surface area contributed by atoms with Gasteiger partial charge in [0.2, 0.25) is 0 Å². The number of ether oxygens (including phenoxy) is 1. The quantitative estimate of drug-likeness (QED) is 0.319. The molecule has 0 saturated heterocycles. The van der Waals surface area contributed by atoms with Crippen LogP contribution in [0.4, 0.5) is 0 Å². The molecule has 0 aliphatic heterocycles. The van der Waals surface area contributed by atoms with Crippen molar-refractivity contribution in [2.75, 3.05) is 18.8 Å². The van der Waals surface area contributed by atoms with E-state index in [-0.39, 0.29) is 17.9 Å². The molecule has 0 spiro atoms. The Hall–Kier alpha value is -0.920. The van der Waals surface area contributed by atoms with Gasteiger partial charge >= 0.3 is 5.97 Å². The van der Waals surface area contributed by atoms with Crippen LogP contribution in [-0.4, -0.2) is 49.9 Å². The van der Waals surface area contributed by atoms with Crippen molar-refractivity contribution >= 4 is 16.1 Å². The summed E-state index contributed by atoms with van der Waals surface area (Å²) in [6, 6.07) is 0.120. The fraction of sp³-hybridized carbons (Fsp3) is 0.800. The van der Waals surface area contributed by atoms with E-state index in [0.717, 1.165) is 38.4 Å². The van der Waals surface area contributed by atoms with Crippen molar-refractivity contribution in [2.24, 2.45) is 0 Å². The van der Waals surface area contributed by atoms with Crippen LogP contribution in [0.15, 0.2) is 12.7 Å². The fourth-order valence-electron chi connectivity index (χ4n) is 2.39. The maximum absolute atomic E-state index is 11.1. The second kappa shape index (κ2) is 10.7. The van der Waals surface area contributed by atoms with Crippen molar-refractivity contribution in [1.82, 2.24) is 0 Å². The van der Waals surface area contributed by atoms with Crippen molar-refractivity contribution in [2.45, 2.75) is 58.6 Å². The van der Waals surface area contributed by atoms with Crippen LogP contribution < -0.4 is 4.90 Å². The van der Waals surface area contributed by atoms with Crippen molar-refractivity contribution in [3.63, 3.8) is 0 Å². The fourth-order valence-corrected chi connectivity index (χ4v) is 3.03. The number of hydrogen-bond acceptors (Lipinski definition) is 5. The summed E-state index contributed by atoms with van der Waals surface area (Å²) in [6.07, 6.45) is 3.98. The zero-order valence-electron chi connectivity index (χ0n) is 13.8. The molecular formula is C15H29NO5S. The number of carbonyl (C=O) groups is 1. The molecule has 0 rings (SSSR count). The molecule has 0 radical (unpaired) electrons. The molecule has 7 heteroatoms. The van der Waals surface area contributed by atoms with E-state index in [2.05, 4.69) is 13.5 Å². The maximum Gasteiger partial charge on any atom is 0.330 e. The molecule has 0 aromatic rings. The van der Waals surface area contributed by atoms with Gasteiger partial charge in [-0.3, -0.25) is 0 Å². The highest BCUT2D eigenvalue weighted by atomic mass is 32.2. The van der Waals surface area contributed by atoms with Gasteiger partial charge in [-0.15, -0.1) is 0 Å². The van der Waals surface area contributed by atoms with Gasteiger partial charge in [0.25, 0.3) is 0 Å². The number of rotatable bonds is 12. The third-order valence-electron chi connectivity index (χ3n) is 3.66. The zero-order chi connectivity index (χ0) is 17.2. The lowest BCUT2D eigenvalue weighted by Crippen LogP contribution is -3.15. The topological polar surface area (TPSA) is 87.9 Å². The summed E-state index contributed by atoms with van der Waals surface area (Å²) in [7, 11) is -4.15. The third kappa shape index (κ3) is 10.8. The van der Waals surface area contributed by atoms with Gasteiger partial charge in [-0.05, 0) is 33.1 Å². The van der Waals surface area contributed by atoms with Gasteiger partial charge in [0.15, 0.2) is 0 Å². The van der Waals surface area contributed by atoms with E-state index in [9.17, 15) is 17.8 Å².